The van der Waals surface area contributed by atoms with Gasteiger partial charge in [0.15, 0.2) is 0 Å². The van der Waals surface area contributed by atoms with Crippen LogP contribution in [0.1, 0.15) is 31.2 Å². The molecule has 0 aromatic heterocycles. The molecule has 0 bridgehead atoms. The second-order valence-corrected chi connectivity index (χ2v) is 4.28. The molecule has 0 radical (unpaired) electrons. The van der Waals surface area contributed by atoms with Gasteiger partial charge in [-0.3, -0.25) is 4.99 Å². The van der Waals surface area contributed by atoms with E-state index in [0.29, 0.717) is 12.5 Å². The summed E-state index contributed by atoms with van der Waals surface area (Å²) in [6.45, 7) is 3.84. The maximum Gasteiger partial charge on any atom is 0.0855 e. The van der Waals surface area contributed by atoms with Gasteiger partial charge in [0.25, 0.3) is 0 Å². The van der Waals surface area contributed by atoms with E-state index < -0.39 is 0 Å². The topological polar surface area (TPSA) is 41.8 Å². The molecule has 17 heavy (non-hydrogen) atoms. The van der Waals surface area contributed by atoms with Crippen LogP contribution in [0.5, 0.6) is 0 Å². The van der Waals surface area contributed by atoms with Crippen LogP contribution in [0.25, 0.3) is 0 Å². The van der Waals surface area contributed by atoms with Crippen molar-refractivity contribution in [3.63, 3.8) is 0 Å². The fourth-order valence-corrected chi connectivity index (χ4v) is 2.13. The van der Waals surface area contributed by atoms with Crippen LogP contribution in [0.3, 0.4) is 0 Å². The summed E-state index contributed by atoms with van der Waals surface area (Å²) in [7, 11) is 0. The SMILES string of the molecule is CCCO.c1ccc2c(c1)N=C1COCCC12. The van der Waals surface area contributed by atoms with Crippen molar-refractivity contribution in [2.45, 2.75) is 25.7 Å². The number of ether oxygens (including phenoxy) is 1. The molecule has 3 rings (SSSR count). The van der Waals surface area contributed by atoms with Crippen LogP contribution in [0.2, 0.25) is 0 Å². The minimum absolute atomic E-state index is 0.319. The number of fused-ring (bicyclic) bond motifs is 3. The lowest BCUT2D eigenvalue weighted by Crippen LogP contribution is -2.23. The third-order valence-electron chi connectivity index (χ3n) is 3.00. The Morgan fingerprint density at radius 1 is 1.41 bits per heavy atom. The van der Waals surface area contributed by atoms with E-state index in [2.05, 4.69) is 23.2 Å². The molecular weight excluding hydrogens is 214 g/mol. The number of para-hydroxylation sites is 1. The molecule has 0 spiro atoms. The Morgan fingerprint density at radius 2 is 2.18 bits per heavy atom. The standard InChI is InChI=1S/C11H11NO.C3H8O/c1-2-4-10-8(3-1)9-5-6-13-7-11(9)12-10;1-2-3-4/h1-4,9H,5-7H2;4H,2-3H2,1H3. The Labute approximate surface area is 102 Å². The Morgan fingerprint density at radius 3 is 2.94 bits per heavy atom. The normalized spacial score (nSPS) is 20.8. The fourth-order valence-electron chi connectivity index (χ4n) is 2.13. The zero-order chi connectivity index (χ0) is 12.1. The molecule has 0 amide bonds. The van der Waals surface area contributed by atoms with Crippen LogP contribution < -0.4 is 0 Å². The zero-order valence-electron chi connectivity index (χ0n) is 10.2. The van der Waals surface area contributed by atoms with E-state index >= 15 is 0 Å². The maximum absolute atomic E-state index is 7.88. The van der Waals surface area contributed by atoms with E-state index in [4.69, 9.17) is 9.84 Å². The fraction of sp³-hybridized carbons (Fsp3) is 0.500. The second-order valence-electron chi connectivity index (χ2n) is 4.28. The van der Waals surface area contributed by atoms with Crippen molar-refractivity contribution in [1.29, 1.82) is 0 Å². The highest BCUT2D eigenvalue weighted by Gasteiger charge is 2.29. The lowest BCUT2D eigenvalue weighted by molar-refractivity contribution is 0.149. The van der Waals surface area contributed by atoms with Gasteiger partial charge in [0.05, 0.1) is 18.0 Å². The van der Waals surface area contributed by atoms with Crippen LogP contribution in [0.4, 0.5) is 5.69 Å². The first kappa shape index (κ1) is 12.3. The van der Waals surface area contributed by atoms with Crippen LogP contribution in [-0.4, -0.2) is 30.6 Å². The maximum atomic E-state index is 7.88. The van der Waals surface area contributed by atoms with Crippen molar-refractivity contribution in [3.8, 4) is 0 Å². The summed E-state index contributed by atoms with van der Waals surface area (Å²) in [5.74, 6) is 0.546. The number of benzene rings is 1. The molecule has 2 aliphatic heterocycles. The smallest absolute Gasteiger partial charge is 0.0855 e. The monoisotopic (exact) mass is 233 g/mol. The highest BCUT2D eigenvalue weighted by molar-refractivity contribution is 5.99. The van der Waals surface area contributed by atoms with Crippen LogP contribution >= 0.6 is 0 Å². The van der Waals surface area contributed by atoms with Crippen molar-refractivity contribution in [2.24, 2.45) is 4.99 Å². The first-order valence-corrected chi connectivity index (χ1v) is 6.21. The molecular formula is C14H19NO2. The summed E-state index contributed by atoms with van der Waals surface area (Å²) in [6, 6.07) is 8.40. The Bertz CT molecular complexity index is 399. The minimum Gasteiger partial charge on any atom is -0.396 e. The average molecular weight is 233 g/mol. The van der Waals surface area contributed by atoms with Gasteiger partial charge in [-0.2, -0.15) is 0 Å². The van der Waals surface area contributed by atoms with Crippen molar-refractivity contribution in [3.05, 3.63) is 29.8 Å². The summed E-state index contributed by atoms with van der Waals surface area (Å²) in [5.41, 5.74) is 3.75. The van der Waals surface area contributed by atoms with E-state index in [-0.39, 0.29) is 0 Å². The van der Waals surface area contributed by atoms with Gasteiger partial charge in [-0.15, -0.1) is 0 Å². The molecule has 0 saturated carbocycles. The van der Waals surface area contributed by atoms with E-state index in [9.17, 15) is 0 Å². The Balaban J connectivity index is 0.000000239. The molecule has 1 saturated heterocycles. The molecule has 1 atom stereocenters. The van der Waals surface area contributed by atoms with Crippen LogP contribution in [0.15, 0.2) is 29.3 Å². The van der Waals surface area contributed by atoms with Gasteiger partial charge >= 0.3 is 0 Å². The highest BCUT2D eigenvalue weighted by atomic mass is 16.5. The van der Waals surface area contributed by atoms with Crippen molar-refractivity contribution < 1.29 is 9.84 Å². The third kappa shape index (κ3) is 2.73. The van der Waals surface area contributed by atoms with Crippen molar-refractivity contribution >= 4 is 11.4 Å². The predicted molar refractivity (Wildman–Crippen MR) is 69.1 cm³/mol. The lowest BCUT2D eigenvalue weighted by atomic mass is 9.92. The van der Waals surface area contributed by atoms with Gasteiger partial charge in [0.1, 0.15) is 0 Å². The number of aliphatic hydroxyl groups excluding tert-OH is 1. The van der Waals surface area contributed by atoms with Crippen molar-refractivity contribution in [2.75, 3.05) is 19.8 Å². The number of hydrogen-bond donors (Lipinski definition) is 1. The summed E-state index contributed by atoms with van der Waals surface area (Å²) < 4.78 is 5.38. The quantitative estimate of drug-likeness (QED) is 0.810. The summed E-state index contributed by atoms with van der Waals surface area (Å²) in [4.78, 5) is 4.57. The Hall–Kier alpha value is -1.19. The van der Waals surface area contributed by atoms with E-state index in [1.165, 1.54) is 11.3 Å². The molecule has 2 heterocycles. The minimum atomic E-state index is 0.319. The highest BCUT2D eigenvalue weighted by Crippen LogP contribution is 2.38. The second kappa shape index (κ2) is 5.94. The number of rotatable bonds is 1. The number of nitrogens with zero attached hydrogens (tertiary/aromatic N) is 1. The van der Waals surface area contributed by atoms with Crippen LogP contribution in [-0.2, 0) is 4.74 Å². The van der Waals surface area contributed by atoms with Crippen LogP contribution in [0, 0.1) is 0 Å². The zero-order valence-corrected chi connectivity index (χ0v) is 10.2. The molecule has 2 aliphatic rings. The summed E-state index contributed by atoms with van der Waals surface area (Å²) >= 11 is 0. The van der Waals surface area contributed by atoms with Gasteiger partial charge in [-0.1, -0.05) is 25.1 Å². The molecule has 1 fully saturated rings. The first-order chi connectivity index (χ1) is 8.36. The number of aliphatic hydroxyl groups is 1. The molecule has 1 aromatic rings. The average Bonchev–Trinajstić information content (AvgIpc) is 2.77. The molecule has 0 aliphatic carbocycles. The van der Waals surface area contributed by atoms with Gasteiger partial charge in [0, 0.05) is 19.1 Å². The van der Waals surface area contributed by atoms with Gasteiger partial charge in [-0.25, -0.2) is 0 Å². The molecule has 1 unspecified atom stereocenters. The van der Waals surface area contributed by atoms with Gasteiger partial charge in [0.2, 0.25) is 0 Å². The lowest BCUT2D eigenvalue weighted by Gasteiger charge is -2.19. The first-order valence-electron chi connectivity index (χ1n) is 6.21. The molecule has 92 valence electrons. The predicted octanol–water partition coefficient (Wildman–Crippen LogP) is 2.67. The van der Waals surface area contributed by atoms with Crippen molar-refractivity contribution in [1.82, 2.24) is 0 Å². The molecule has 1 aromatic carbocycles. The summed E-state index contributed by atoms with van der Waals surface area (Å²) in [6.07, 6.45) is 1.97. The third-order valence-corrected chi connectivity index (χ3v) is 3.00. The summed E-state index contributed by atoms with van der Waals surface area (Å²) in [5, 5.41) is 7.88. The Kier molecular flexibility index (Phi) is 4.29. The number of aliphatic imine (C=N–C) groups is 1. The van der Waals surface area contributed by atoms with Gasteiger partial charge in [-0.05, 0) is 24.5 Å². The van der Waals surface area contributed by atoms with Gasteiger partial charge < -0.3 is 9.84 Å². The molecule has 3 nitrogen and oxygen atoms in total. The molecule has 3 heteroatoms. The molecule has 1 N–H and O–H groups in total. The number of hydrogen-bond acceptors (Lipinski definition) is 3. The largest absolute Gasteiger partial charge is 0.396 e. The van der Waals surface area contributed by atoms with E-state index in [1.54, 1.807) is 0 Å². The van der Waals surface area contributed by atoms with E-state index in [0.717, 1.165) is 31.7 Å². The van der Waals surface area contributed by atoms with E-state index in [1.807, 2.05) is 13.0 Å².